The molecular formula is C19H21FN2O2S. The van der Waals surface area contributed by atoms with E-state index in [1.165, 1.54) is 17.8 Å². The average molecular weight is 360 g/mol. The van der Waals surface area contributed by atoms with Crippen LogP contribution in [-0.2, 0) is 9.59 Å². The number of anilines is 2. The number of halogens is 1. The second kappa shape index (κ2) is 8.67. The quantitative estimate of drug-likeness (QED) is 0.814. The Morgan fingerprint density at radius 1 is 1.04 bits per heavy atom. The average Bonchev–Trinajstić information content (AvgIpc) is 2.58. The molecule has 2 amide bonds. The minimum atomic E-state index is -0.437. The molecule has 2 aromatic carbocycles. The number of rotatable bonds is 6. The van der Waals surface area contributed by atoms with Gasteiger partial charge >= 0.3 is 0 Å². The fourth-order valence-electron chi connectivity index (χ4n) is 2.02. The molecule has 0 fully saturated rings. The number of aryl methyl sites for hydroxylation is 2. The van der Waals surface area contributed by atoms with E-state index < -0.39 is 5.25 Å². The smallest absolute Gasteiger partial charge is 0.237 e. The standard InChI is InChI=1S/C19H21FN2O2S/c1-12-4-7-15(8-5-12)21-18(23)11-25-14(3)19(24)22-16-9-6-13(2)17(20)10-16/h4-10,14H,11H2,1-3H3,(H,21,23)(H,22,24)/t14-/m0/s1. The van der Waals surface area contributed by atoms with Crippen molar-refractivity contribution in [1.29, 1.82) is 0 Å². The van der Waals surface area contributed by atoms with Gasteiger partial charge in [0.05, 0.1) is 11.0 Å². The van der Waals surface area contributed by atoms with Crippen molar-refractivity contribution in [1.82, 2.24) is 0 Å². The van der Waals surface area contributed by atoms with Gasteiger partial charge in [-0.15, -0.1) is 11.8 Å². The third-order valence-corrected chi connectivity index (χ3v) is 4.75. The highest BCUT2D eigenvalue weighted by Crippen LogP contribution is 2.17. The number of nitrogens with one attached hydrogen (secondary N) is 2. The highest BCUT2D eigenvalue weighted by Gasteiger charge is 2.16. The Kier molecular flexibility index (Phi) is 6.58. The lowest BCUT2D eigenvalue weighted by Gasteiger charge is -2.12. The number of benzene rings is 2. The molecule has 2 aromatic rings. The van der Waals surface area contributed by atoms with E-state index in [1.807, 2.05) is 31.2 Å². The molecule has 2 N–H and O–H groups in total. The van der Waals surface area contributed by atoms with Crippen LogP contribution in [0.1, 0.15) is 18.1 Å². The maximum absolute atomic E-state index is 13.5. The predicted molar refractivity (Wildman–Crippen MR) is 101 cm³/mol. The first-order valence-corrected chi connectivity index (χ1v) is 8.95. The largest absolute Gasteiger partial charge is 0.325 e. The van der Waals surface area contributed by atoms with Crippen molar-refractivity contribution < 1.29 is 14.0 Å². The Hall–Kier alpha value is -2.34. The Morgan fingerprint density at radius 2 is 1.68 bits per heavy atom. The van der Waals surface area contributed by atoms with E-state index in [-0.39, 0.29) is 23.4 Å². The van der Waals surface area contributed by atoms with Gasteiger partial charge in [0.25, 0.3) is 0 Å². The summed E-state index contributed by atoms with van der Waals surface area (Å²) in [5.41, 5.74) is 2.77. The first-order valence-electron chi connectivity index (χ1n) is 7.90. The van der Waals surface area contributed by atoms with Crippen molar-refractivity contribution in [2.75, 3.05) is 16.4 Å². The highest BCUT2D eigenvalue weighted by atomic mass is 32.2. The zero-order valence-electron chi connectivity index (χ0n) is 14.4. The predicted octanol–water partition coefficient (Wildman–Crippen LogP) is 4.14. The van der Waals surface area contributed by atoms with Crippen LogP contribution in [0, 0.1) is 19.7 Å². The van der Waals surface area contributed by atoms with Crippen LogP contribution in [0.3, 0.4) is 0 Å². The molecule has 0 saturated carbocycles. The Balaban J connectivity index is 1.81. The van der Waals surface area contributed by atoms with Crippen LogP contribution in [-0.4, -0.2) is 22.8 Å². The molecule has 0 aromatic heterocycles. The van der Waals surface area contributed by atoms with Gasteiger partial charge < -0.3 is 10.6 Å². The molecule has 1 atom stereocenters. The van der Waals surface area contributed by atoms with Crippen LogP contribution in [0.5, 0.6) is 0 Å². The molecule has 2 rings (SSSR count). The lowest BCUT2D eigenvalue weighted by atomic mass is 10.2. The summed E-state index contributed by atoms with van der Waals surface area (Å²) < 4.78 is 13.5. The van der Waals surface area contributed by atoms with Gasteiger partial charge in [0, 0.05) is 11.4 Å². The molecule has 0 saturated heterocycles. The first kappa shape index (κ1) is 19.0. The molecular weight excluding hydrogens is 339 g/mol. The summed E-state index contributed by atoms with van der Waals surface area (Å²) in [6.45, 7) is 5.34. The molecule has 132 valence electrons. The van der Waals surface area contributed by atoms with Crippen molar-refractivity contribution in [2.24, 2.45) is 0 Å². The summed E-state index contributed by atoms with van der Waals surface area (Å²) in [6.07, 6.45) is 0. The van der Waals surface area contributed by atoms with Gasteiger partial charge in [-0.2, -0.15) is 0 Å². The fraction of sp³-hybridized carbons (Fsp3) is 0.263. The molecule has 0 aliphatic carbocycles. The van der Waals surface area contributed by atoms with Gasteiger partial charge in [-0.3, -0.25) is 9.59 Å². The number of hydrogen-bond donors (Lipinski definition) is 2. The SMILES string of the molecule is Cc1ccc(NC(=O)CS[C@@H](C)C(=O)Nc2ccc(C)c(F)c2)cc1. The van der Waals surface area contributed by atoms with Gasteiger partial charge in [0.2, 0.25) is 11.8 Å². The summed E-state index contributed by atoms with van der Waals surface area (Å²) in [4.78, 5) is 24.1. The zero-order chi connectivity index (χ0) is 18.4. The van der Waals surface area contributed by atoms with E-state index >= 15 is 0 Å². The Morgan fingerprint density at radius 3 is 2.32 bits per heavy atom. The number of thioether (sulfide) groups is 1. The number of carbonyl (C=O) groups is 2. The minimum Gasteiger partial charge on any atom is -0.325 e. The normalized spacial score (nSPS) is 11.7. The monoisotopic (exact) mass is 360 g/mol. The van der Waals surface area contributed by atoms with E-state index in [2.05, 4.69) is 10.6 Å². The zero-order valence-corrected chi connectivity index (χ0v) is 15.2. The van der Waals surface area contributed by atoms with Crippen LogP contribution in [0.15, 0.2) is 42.5 Å². The summed E-state index contributed by atoms with van der Waals surface area (Å²) in [5.74, 6) is -0.646. The third kappa shape index (κ3) is 5.90. The van der Waals surface area contributed by atoms with Crippen molar-refractivity contribution in [3.63, 3.8) is 0 Å². The van der Waals surface area contributed by atoms with Crippen LogP contribution in [0.2, 0.25) is 0 Å². The summed E-state index contributed by atoms with van der Waals surface area (Å²) in [7, 11) is 0. The third-order valence-electron chi connectivity index (χ3n) is 3.61. The highest BCUT2D eigenvalue weighted by molar-refractivity contribution is 8.01. The van der Waals surface area contributed by atoms with E-state index in [1.54, 1.807) is 26.0 Å². The summed E-state index contributed by atoms with van der Waals surface area (Å²) >= 11 is 1.22. The molecule has 0 aliphatic heterocycles. The molecule has 0 spiro atoms. The van der Waals surface area contributed by atoms with Crippen LogP contribution in [0.25, 0.3) is 0 Å². The molecule has 25 heavy (non-hydrogen) atoms. The van der Waals surface area contributed by atoms with Crippen LogP contribution in [0.4, 0.5) is 15.8 Å². The molecule has 6 heteroatoms. The number of amides is 2. The van der Waals surface area contributed by atoms with Crippen LogP contribution < -0.4 is 10.6 Å². The summed E-state index contributed by atoms with van der Waals surface area (Å²) in [5, 5.41) is 5.01. The number of hydrogen-bond acceptors (Lipinski definition) is 3. The van der Waals surface area contributed by atoms with Gasteiger partial charge in [0.1, 0.15) is 5.82 Å². The Bertz CT molecular complexity index is 763. The fourth-order valence-corrected chi connectivity index (χ4v) is 2.71. The second-order valence-corrected chi connectivity index (χ2v) is 7.15. The lowest BCUT2D eigenvalue weighted by molar-refractivity contribution is -0.115. The Labute approximate surface area is 151 Å². The molecule has 0 radical (unpaired) electrons. The van der Waals surface area contributed by atoms with Gasteiger partial charge in [-0.1, -0.05) is 23.8 Å². The molecule has 0 aliphatic rings. The maximum Gasteiger partial charge on any atom is 0.237 e. The van der Waals surface area contributed by atoms with E-state index in [4.69, 9.17) is 0 Å². The summed E-state index contributed by atoms with van der Waals surface area (Å²) in [6, 6.07) is 12.0. The van der Waals surface area contributed by atoms with E-state index in [0.29, 0.717) is 11.3 Å². The molecule has 0 heterocycles. The van der Waals surface area contributed by atoms with Crippen molar-refractivity contribution in [2.45, 2.75) is 26.0 Å². The maximum atomic E-state index is 13.5. The van der Waals surface area contributed by atoms with Crippen molar-refractivity contribution >= 4 is 35.0 Å². The van der Waals surface area contributed by atoms with Crippen molar-refractivity contribution in [3.05, 3.63) is 59.4 Å². The second-order valence-electron chi connectivity index (χ2n) is 5.82. The molecule has 4 nitrogen and oxygen atoms in total. The molecule has 0 unspecified atom stereocenters. The molecule has 0 bridgehead atoms. The van der Waals surface area contributed by atoms with Crippen molar-refractivity contribution in [3.8, 4) is 0 Å². The van der Waals surface area contributed by atoms with Gasteiger partial charge in [-0.25, -0.2) is 4.39 Å². The minimum absolute atomic E-state index is 0.157. The number of carbonyl (C=O) groups excluding carboxylic acids is 2. The van der Waals surface area contributed by atoms with Crippen LogP contribution >= 0.6 is 11.8 Å². The van der Waals surface area contributed by atoms with Gasteiger partial charge in [-0.05, 0) is 50.6 Å². The lowest BCUT2D eigenvalue weighted by Crippen LogP contribution is -2.25. The van der Waals surface area contributed by atoms with E-state index in [9.17, 15) is 14.0 Å². The van der Waals surface area contributed by atoms with E-state index in [0.717, 1.165) is 11.3 Å². The first-order chi connectivity index (χ1) is 11.8. The van der Waals surface area contributed by atoms with Gasteiger partial charge in [0.15, 0.2) is 0 Å². The topological polar surface area (TPSA) is 58.2 Å².